The molecular formula is C13H17NO. The minimum Gasteiger partial charge on any atom is -0.411 e. The van der Waals surface area contributed by atoms with Crippen LogP contribution in [0, 0.1) is 5.92 Å². The largest absolute Gasteiger partial charge is 0.411 e. The second kappa shape index (κ2) is 6.02. The molecule has 0 radical (unpaired) electrons. The van der Waals surface area contributed by atoms with Crippen molar-refractivity contribution in [2.75, 3.05) is 0 Å². The summed E-state index contributed by atoms with van der Waals surface area (Å²) in [5, 5.41) is 11.8. The molecule has 1 rings (SSSR count). The Morgan fingerprint density at radius 3 is 2.67 bits per heavy atom. The molecule has 0 aliphatic rings. The smallest absolute Gasteiger partial charge is 0.0571 e. The van der Waals surface area contributed by atoms with Crippen LogP contribution in [0.3, 0.4) is 0 Å². The third-order valence-corrected chi connectivity index (χ3v) is 2.47. The van der Waals surface area contributed by atoms with Crippen molar-refractivity contribution in [1.82, 2.24) is 0 Å². The summed E-state index contributed by atoms with van der Waals surface area (Å²) in [5.74, 6) is 0.287. The quantitative estimate of drug-likeness (QED) is 0.453. The predicted octanol–water partition coefficient (Wildman–Crippen LogP) is 3.58. The van der Waals surface area contributed by atoms with Crippen molar-refractivity contribution in [3.63, 3.8) is 0 Å². The number of allylic oxidation sites excluding steroid dienone is 1. The van der Waals surface area contributed by atoms with E-state index in [4.69, 9.17) is 5.21 Å². The third kappa shape index (κ3) is 3.98. The zero-order chi connectivity index (χ0) is 11.1. The molecule has 1 N–H and O–H groups in total. The van der Waals surface area contributed by atoms with Gasteiger partial charge in [0.15, 0.2) is 0 Å². The van der Waals surface area contributed by atoms with Crippen molar-refractivity contribution in [3.05, 3.63) is 42.0 Å². The Hall–Kier alpha value is -1.57. The zero-order valence-electron chi connectivity index (χ0n) is 9.22. The summed E-state index contributed by atoms with van der Waals surface area (Å²) >= 11 is 0. The number of benzene rings is 1. The SMILES string of the molecule is CC(=NO)C(C)CC=Cc1ccccc1. The van der Waals surface area contributed by atoms with E-state index in [1.807, 2.05) is 32.0 Å². The van der Waals surface area contributed by atoms with Gasteiger partial charge in [-0.15, -0.1) is 0 Å². The second-order valence-corrected chi connectivity index (χ2v) is 3.69. The van der Waals surface area contributed by atoms with E-state index in [2.05, 4.69) is 29.4 Å². The van der Waals surface area contributed by atoms with Gasteiger partial charge in [-0.3, -0.25) is 0 Å². The summed E-state index contributed by atoms with van der Waals surface area (Å²) in [6, 6.07) is 10.2. The summed E-state index contributed by atoms with van der Waals surface area (Å²) in [7, 11) is 0. The lowest BCUT2D eigenvalue weighted by Gasteiger charge is -2.05. The van der Waals surface area contributed by atoms with Gasteiger partial charge < -0.3 is 5.21 Å². The molecule has 15 heavy (non-hydrogen) atoms. The molecule has 0 saturated heterocycles. The Labute approximate surface area is 90.9 Å². The second-order valence-electron chi connectivity index (χ2n) is 3.69. The molecule has 0 saturated carbocycles. The lowest BCUT2D eigenvalue weighted by Crippen LogP contribution is -2.05. The first-order valence-corrected chi connectivity index (χ1v) is 5.14. The van der Waals surface area contributed by atoms with Gasteiger partial charge in [0.05, 0.1) is 5.71 Å². The van der Waals surface area contributed by atoms with Gasteiger partial charge in [-0.05, 0) is 18.9 Å². The molecule has 2 heteroatoms. The van der Waals surface area contributed by atoms with Gasteiger partial charge in [0.25, 0.3) is 0 Å². The molecule has 0 spiro atoms. The van der Waals surface area contributed by atoms with Gasteiger partial charge in [0.2, 0.25) is 0 Å². The van der Waals surface area contributed by atoms with Crippen LogP contribution in [0.2, 0.25) is 0 Å². The summed E-state index contributed by atoms with van der Waals surface area (Å²) in [6.07, 6.45) is 5.08. The van der Waals surface area contributed by atoms with E-state index in [0.717, 1.165) is 12.1 Å². The maximum Gasteiger partial charge on any atom is 0.0571 e. The Bertz CT molecular complexity index is 341. The van der Waals surface area contributed by atoms with Crippen LogP contribution >= 0.6 is 0 Å². The first-order valence-electron chi connectivity index (χ1n) is 5.14. The molecule has 1 atom stereocenters. The van der Waals surface area contributed by atoms with E-state index in [-0.39, 0.29) is 5.92 Å². The van der Waals surface area contributed by atoms with Crippen molar-refractivity contribution in [2.24, 2.45) is 11.1 Å². The van der Waals surface area contributed by atoms with E-state index in [9.17, 15) is 0 Å². The van der Waals surface area contributed by atoms with Crippen molar-refractivity contribution in [2.45, 2.75) is 20.3 Å². The van der Waals surface area contributed by atoms with Crippen molar-refractivity contribution < 1.29 is 5.21 Å². The minimum atomic E-state index is 0.287. The molecule has 1 aromatic rings. The Kier molecular flexibility index (Phi) is 4.61. The van der Waals surface area contributed by atoms with E-state index >= 15 is 0 Å². The van der Waals surface area contributed by atoms with Gasteiger partial charge in [-0.1, -0.05) is 54.6 Å². The van der Waals surface area contributed by atoms with Gasteiger partial charge in [0, 0.05) is 5.92 Å². The number of hydrogen-bond donors (Lipinski definition) is 1. The minimum absolute atomic E-state index is 0.287. The molecule has 0 bridgehead atoms. The van der Waals surface area contributed by atoms with Crippen molar-refractivity contribution in [3.8, 4) is 0 Å². The first kappa shape index (κ1) is 11.5. The lowest BCUT2D eigenvalue weighted by molar-refractivity contribution is 0.315. The summed E-state index contributed by atoms with van der Waals surface area (Å²) < 4.78 is 0. The van der Waals surface area contributed by atoms with Gasteiger partial charge in [-0.2, -0.15) is 0 Å². The fourth-order valence-electron chi connectivity index (χ4n) is 1.24. The molecular weight excluding hydrogens is 186 g/mol. The molecule has 0 aliphatic heterocycles. The fourth-order valence-corrected chi connectivity index (χ4v) is 1.24. The van der Waals surface area contributed by atoms with Crippen LogP contribution in [0.4, 0.5) is 0 Å². The Balaban J connectivity index is 2.47. The molecule has 0 heterocycles. The fraction of sp³-hybridized carbons (Fsp3) is 0.308. The van der Waals surface area contributed by atoms with E-state index < -0.39 is 0 Å². The average molecular weight is 203 g/mol. The lowest BCUT2D eigenvalue weighted by atomic mass is 10.0. The predicted molar refractivity (Wildman–Crippen MR) is 64.2 cm³/mol. The average Bonchev–Trinajstić information content (AvgIpc) is 2.29. The van der Waals surface area contributed by atoms with Crippen LogP contribution in [-0.4, -0.2) is 10.9 Å². The monoisotopic (exact) mass is 203 g/mol. The Morgan fingerprint density at radius 2 is 2.07 bits per heavy atom. The van der Waals surface area contributed by atoms with Gasteiger partial charge in [0.1, 0.15) is 0 Å². The molecule has 0 amide bonds. The van der Waals surface area contributed by atoms with Crippen LogP contribution in [0.5, 0.6) is 0 Å². The number of hydrogen-bond acceptors (Lipinski definition) is 2. The standard InChI is InChI=1S/C13H17NO/c1-11(12(2)14-15)7-6-10-13-8-4-3-5-9-13/h3-6,8-11,15H,7H2,1-2H3. The highest BCUT2D eigenvalue weighted by atomic mass is 16.4. The maximum atomic E-state index is 8.59. The van der Waals surface area contributed by atoms with Crippen LogP contribution < -0.4 is 0 Å². The molecule has 1 aromatic carbocycles. The topological polar surface area (TPSA) is 32.6 Å². The van der Waals surface area contributed by atoms with Gasteiger partial charge in [-0.25, -0.2) is 0 Å². The zero-order valence-corrected chi connectivity index (χ0v) is 9.22. The summed E-state index contributed by atoms with van der Waals surface area (Å²) in [5.41, 5.74) is 1.97. The molecule has 2 nitrogen and oxygen atoms in total. The third-order valence-electron chi connectivity index (χ3n) is 2.47. The summed E-state index contributed by atoms with van der Waals surface area (Å²) in [4.78, 5) is 0. The molecule has 80 valence electrons. The van der Waals surface area contributed by atoms with Crippen molar-refractivity contribution >= 4 is 11.8 Å². The highest BCUT2D eigenvalue weighted by Crippen LogP contribution is 2.08. The van der Waals surface area contributed by atoms with E-state index in [1.54, 1.807) is 0 Å². The van der Waals surface area contributed by atoms with E-state index in [0.29, 0.717) is 0 Å². The van der Waals surface area contributed by atoms with Crippen LogP contribution in [-0.2, 0) is 0 Å². The number of rotatable bonds is 4. The molecule has 0 aliphatic carbocycles. The van der Waals surface area contributed by atoms with Crippen LogP contribution in [0.25, 0.3) is 6.08 Å². The summed E-state index contributed by atoms with van der Waals surface area (Å²) in [6.45, 7) is 3.88. The van der Waals surface area contributed by atoms with Crippen LogP contribution in [0.1, 0.15) is 25.8 Å². The Morgan fingerprint density at radius 1 is 1.40 bits per heavy atom. The highest BCUT2D eigenvalue weighted by Gasteiger charge is 2.02. The van der Waals surface area contributed by atoms with Crippen molar-refractivity contribution in [1.29, 1.82) is 0 Å². The molecule has 1 unspecified atom stereocenters. The van der Waals surface area contributed by atoms with E-state index in [1.165, 1.54) is 5.56 Å². The van der Waals surface area contributed by atoms with Gasteiger partial charge >= 0.3 is 0 Å². The first-order chi connectivity index (χ1) is 7.24. The number of oxime groups is 1. The molecule has 0 fully saturated rings. The number of nitrogens with zero attached hydrogens (tertiary/aromatic N) is 1. The van der Waals surface area contributed by atoms with Crippen LogP contribution in [0.15, 0.2) is 41.6 Å². The highest BCUT2D eigenvalue weighted by molar-refractivity contribution is 5.83. The normalized spacial score (nSPS) is 14.4. The maximum absolute atomic E-state index is 8.59. The molecule has 0 aromatic heterocycles.